The molecule has 0 unspecified atom stereocenters. The van der Waals surface area contributed by atoms with E-state index in [9.17, 15) is 14.9 Å². The predicted molar refractivity (Wildman–Crippen MR) is 50.5 cm³/mol. The standard InChI is InChI=1S/C7H5NO4.Cu.H2O4S/c9-7(10)5-3-1-2-4-6(5)8(11)12;;1-5(2,3)4/h1-4H,(H,9,10);;(H2,1,2,3,4)/q;+2;/p-2. The maximum atomic E-state index is 10.4. The first-order chi connectivity index (χ1) is 7.63. The van der Waals surface area contributed by atoms with E-state index in [1.807, 2.05) is 0 Å². The fraction of sp³-hybridized carbons (Fsp3) is 0. The summed E-state index contributed by atoms with van der Waals surface area (Å²) in [6.45, 7) is 0. The minimum absolute atomic E-state index is 0. The van der Waals surface area contributed by atoms with Crippen LogP contribution < -0.4 is 0 Å². The third kappa shape index (κ3) is 8.61. The summed E-state index contributed by atoms with van der Waals surface area (Å²) in [6, 6.07) is 5.21. The summed E-state index contributed by atoms with van der Waals surface area (Å²) in [6.07, 6.45) is 0. The number of para-hydroxylation sites is 1. The average molecular weight is 327 g/mol. The van der Waals surface area contributed by atoms with Gasteiger partial charge in [0.15, 0.2) is 0 Å². The van der Waals surface area contributed by atoms with Crippen molar-refractivity contribution in [2.24, 2.45) is 0 Å². The van der Waals surface area contributed by atoms with Gasteiger partial charge in [0.1, 0.15) is 5.56 Å². The predicted octanol–water partition coefficient (Wildman–Crippen LogP) is -0.0475. The maximum absolute atomic E-state index is 10.4. The number of nitro benzene ring substituents is 1. The molecule has 0 atom stereocenters. The smallest absolute Gasteiger partial charge is 0.759 e. The molecule has 9 nitrogen and oxygen atoms in total. The second kappa shape index (κ2) is 7.74. The molecule has 1 aromatic carbocycles. The van der Waals surface area contributed by atoms with E-state index < -0.39 is 21.3 Å². The molecule has 0 aliphatic rings. The van der Waals surface area contributed by atoms with Gasteiger partial charge in [-0.3, -0.25) is 18.5 Å². The van der Waals surface area contributed by atoms with Gasteiger partial charge in [-0.25, -0.2) is 4.79 Å². The molecule has 0 aliphatic heterocycles. The van der Waals surface area contributed by atoms with Crippen LogP contribution >= 0.6 is 0 Å². The average Bonchev–Trinajstić information content (AvgIpc) is 2.15. The topological polar surface area (TPSA) is 161 Å². The SMILES string of the molecule is O=C(O)c1ccccc1[N+](=O)[O-].O=S(=O)([O-])[O-].[Cu+2]. The quantitative estimate of drug-likeness (QED) is 0.260. The summed E-state index contributed by atoms with van der Waals surface area (Å²) in [5.74, 6) is -1.29. The Morgan fingerprint density at radius 3 is 1.89 bits per heavy atom. The molecule has 0 aliphatic carbocycles. The van der Waals surface area contributed by atoms with E-state index in [1.165, 1.54) is 18.2 Å². The van der Waals surface area contributed by atoms with Crippen LogP contribution in [0.1, 0.15) is 10.4 Å². The number of nitro groups is 1. The minimum Gasteiger partial charge on any atom is -0.759 e. The van der Waals surface area contributed by atoms with Crippen LogP contribution in [0, 0.1) is 10.1 Å². The zero-order chi connectivity index (χ0) is 13.6. The molecule has 0 fully saturated rings. The largest absolute Gasteiger partial charge is 2.00 e. The molecule has 18 heavy (non-hydrogen) atoms. The summed E-state index contributed by atoms with van der Waals surface area (Å²) >= 11 is 0. The van der Waals surface area contributed by atoms with Crippen LogP contribution in [0.5, 0.6) is 0 Å². The molecule has 0 saturated heterocycles. The van der Waals surface area contributed by atoms with Crippen LogP contribution in [0.3, 0.4) is 0 Å². The van der Waals surface area contributed by atoms with Crippen LogP contribution in [-0.2, 0) is 27.5 Å². The Morgan fingerprint density at radius 2 is 1.61 bits per heavy atom. The van der Waals surface area contributed by atoms with Crippen LogP contribution in [0.25, 0.3) is 0 Å². The van der Waals surface area contributed by atoms with E-state index in [2.05, 4.69) is 0 Å². The molecule has 0 spiro atoms. The fourth-order valence-electron chi connectivity index (χ4n) is 0.814. The summed E-state index contributed by atoms with van der Waals surface area (Å²) in [7, 11) is -5.17. The van der Waals surface area contributed by atoms with Crippen molar-refractivity contribution in [2.75, 3.05) is 0 Å². The summed E-state index contributed by atoms with van der Waals surface area (Å²) < 4.78 is 34.1. The normalized spacial score (nSPS) is 9.44. The summed E-state index contributed by atoms with van der Waals surface area (Å²) in [5.41, 5.74) is -0.674. The number of aromatic carboxylic acids is 1. The van der Waals surface area contributed by atoms with Crippen molar-refractivity contribution in [3.05, 3.63) is 39.9 Å². The number of carboxylic acid groups (broad SMARTS) is 1. The second-order valence-electron chi connectivity index (χ2n) is 2.49. The van der Waals surface area contributed by atoms with Gasteiger partial charge in [-0.1, -0.05) is 12.1 Å². The summed E-state index contributed by atoms with van der Waals surface area (Å²) in [5, 5.41) is 18.8. The molecule has 1 radical (unpaired) electrons. The van der Waals surface area contributed by atoms with Crippen molar-refractivity contribution in [3.63, 3.8) is 0 Å². The van der Waals surface area contributed by atoms with Crippen LogP contribution in [0.15, 0.2) is 24.3 Å². The molecule has 1 aromatic rings. The van der Waals surface area contributed by atoms with Crippen LogP contribution in [0.4, 0.5) is 5.69 Å². The first-order valence-electron chi connectivity index (χ1n) is 3.76. The fourth-order valence-corrected chi connectivity index (χ4v) is 0.814. The number of nitrogens with zero attached hydrogens (tertiary/aromatic N) is 1. The first kappa shape index (κ1) is 18.8. The van der Waals surface area contributed by atoms with Crippen molar-refractivity contribution in [2.45, 2.75) is 0 Å². The molecule has 0 saturated carbocycles. The van der Waals surface area contributed by atoms with Crippen molar-refractivity contribution in [1.29, 1.82) is 0 Å². The molecule has 0 aromatic heterocycles. The molecule has 1 rings (SSSR count). The third-order valence-corrected chi connectivity index (χ3v) is 1.33. The Morgan fingerprint density at radius 1 is 1.22 bits per heavy atom. The summed E-state index contributed by atoms with van der Waals surface area (Å²) in [4.78, 5) is 20.0. The van der Waals surface area contributed by atoms with E-state index in [-0.39, 0.29) is 28.3 Å². The Hall–Kier alpha value is -1.52. The molecule has 0 heterocycles. The number of carbonyl (C=O) groups is 1. The Balaban J connectivity index is 0. The Labute approximate surface area is 112 Å². The van der Waals surface area contributed by atoms with Gasteiger partial charge in [-0.05, 0) is 6.07 Å². The van der Waals surface area contributed by atoms with Crippen molar-refractivity contribution in [1.82, 2.24) is 0 Å². The molecule has 1 N–H and O–H groups in total. The maximum Gasteiger partial charge on any atom is 2.00 e. The van der Waals surface area contributed by atoms with Gasteiger partial charge in [0, 0.05) is 16.5 Å². The zero-order valence-corrected chi connectivity index (χ0v) is 10.0. The van der Waals surface area contributed by atoms with E-state index in [0.29, 0.717) is 0 Å². The van der Waals surface area contributed by atoms with Gasteiger partial charge in [-0.15, -0.1) is 0 Å². The number of carboxylic acids is 1. The minimum atomic E-state index is -5.17. The van der Waals surface area contributed by atoms with E-state index in [4.69, 9.17) is 22.6 Å². The Kier molecular flexibility index (Phi) is 8.10. The number of hydrogen-bond donors (Lipinski definition) is 1. The molecule has 103 valence electrons. The van der Waals surface area contributed by atoms with Crippen molar-refractivity contribution >= 4 is 22.1 Å². The molecule has 0 bridgehead atoms. The molecular weight excluding hydrogens is 322 g/mol. The molecule has 11 heteroatoms. The van der Waals surface area contributed by atoms with Gasteiger partial charge in [0.05, 0.1) is 4.92 Å². The van der Waals surface area contributed by atoms with Crippen LogP contribution in [-0.4, -0.2) is 33.5 Å². The monoisotopic (exact) mass is 326 g/mol. The van der Waals surface area contributed by atoms with Gasteiger partial charge in [0.25, 0.3) is 5.69 Å². The van der Waals surface area contributed by atoms with Gasteiger partial charge in [0.2, 0.25) is 0 Å². The van der Waals surface area contributed by atoms with E-state index in [0.717, 1.165) is 6.07 Å². The molecular formula is C7H5CuNO8S. The second-order valence-corrected chi connectivity index (χ2v) is 3.30. The van der Waals surface area contributed by atoms with Crippen molar-refractivity contribution < 1.29 is 49.4 Å². The Bertz CT molecular complexity index is 487. The van der Waals surface area contributed by atoms with Crippen LogP contribution in [0.2, 0.25) is 0 Å². The van der Waals surface area contributed by atoms with Crippen molar-refractivity contribution in [3.8, 4) is 0 Å². The zero-order valence-electron chi connectivity index (χ0n) is 8.27. The van der Waals surface area contributed by atoms with Gasteiger partial charge in [-0.2, -0.15) is 0 Å². The van der Waals surface area contributed by atoms with E-state index in [1.54, 1.807) is 0 Å². The number of hydrogen-bond acceptors (Lipinski definition) is 7. The third-order valence-electron chi connectivity index (χ3n) is 1.33. The first-order valence-corrected chi connectivity index (χ1v) is 5.09. The van der Waals surface area contributed by atoms with Gasteiger partial charge >= 0.3 is 23.0 Å². The van der Waals surface area contributed by atoms with E-state index >= 15 is 0 Å². The number of rotatable bonds is 2. The van der Waals surface area contributed by atoms with Gasteiger partial charge < -0.3 is 14.2 Å². The molecule has 0 amide bonds. The number of benzene rings is 1.